The van der Waals surface area contributed by atoms with Crippen molar-refractivity contribution in [2.24, 2.45) is 0 Å². The van der Waals surface area contributed by atoms with Crippen molar-refractivity contribution in [3.63, 3.8) is 0 Å². The number of benzene rings is 2. The van der Waals surface area contributed by atoms with Gasteiger partial charge in [-0.1, -0.05) is 17.7 Å². The molecule has 2 aromatic rings. The van der Waals surface area contributed by atoms with E-state index in [1.807, 2.05) is 6.07 Å². The lowest BCUT2D eigenvalue weighted by atomic mass is 10.1. The molecule has 0 saturated carbocycles. The van der Waals surface area contributed by atoms with Crippen molar-refractivity contribution in [2.75, 3.05) is 23.9 Å². The van der Waals surface area contributed by atoms with Crippen LogP contribution in [0.3, 0.4) is 0 Å². The highest BCUT2D eigenvalue weighted by molar-refractivity contribution is 6.30. The van der Waals surface area contributed by atoms with Gasteiger partial charge in [-0.25, -0.2) is 0 Å². The second-order valence-electron chi connectivity index (χ2n) is 5.28. The first-order chi connectivity index (χ1) is 11.0. The van der Waals surface area contributed by atoms with Crippen molar-refractivity contribution in [3.8, 4) is 5.75 Å². The third-order valence-electron chi connectivity index (χ3n) is 3.60. The molecule has 1 aliphatic heterocycles. The number of fused-ring (bicyclic) bond motifs is 1. The molecule has 0 aromatic heterocycles. The first-order valence-corrected chi connectivity index (χ1v) is 7.48. The molecule has 6 heteroatoms. The van der Waals surface area contributed by atoms with E-state index in [0.717, 1.165) is 5.56 Å². The molecule has 1 aliphatic rings. The summed E-state index contributed by atoms with van der Waals surface area (Å²) in [4.78, 5) is 25.3. The molecule has 1 heterocycles. The van der Waals surface area contributed by atoms with Crippen LogP contribution >= 0.6 is 11.6 Å². The number of likely N-dealkylation sites (N-methyl/N-ethyl adjacent to an activating group) is 1. The van der Waals surface area contributed by atoms with Crippen molar-refractivity contribution < 1.29 is 14.3 Å². The van der Waals surface area contributed by atoms with Gasteiger partial charge in [0, 0.05) is 17.8 Å². The third kappa shape index (κ3) is 3.46. The zero-order valence-corrected chi connectivity index (χ0v) is 13.3. The first kappa shape index (κ1) is 15.4. The van der Waals surface area contributed by atoms with Gasteiger partial charge in [-0.3, -0.25) is 9.59 Å². The van der Waals surface area contributed by atoms with Crippen molar-refractivity contribution in [2.45, 2.75) is 6.42 Å². The Hall–Kier alpha value is -2.53. The van der Waals surface area contributed by atoms with Crippen molar-refractivity contribution in [3.05, 3.63) is 53.1 Å². The molecule has 0 atom stereocenters. The average molecular weight is 331 g/mol. The highest BCUT2D eigenvalue weighted by Crippen LogP contribution is 2.32. The largest absolute Gasteiger partial charge is 0.482 e. The molecule has 5 nitrogen and oxygen atoms in total. The van der Waals surface area contributed by atoms with Crippen LogP contribution in [0, 0.1) is 0 Å². The van der Waals surface area contributed by atoms with Gasteiger partial charge < -0.3 is 15.0 Å². The Morgan fingerprint density at radius 1 is 1.26 bits per heavy atom. The lowest BCUT2D eigenvalue weighted by Crippen LogP contribution is -2.35. The third-order valence-corrected chi connectivity index (χ3v) is 3.85. The molecule has 118 valence electrons. The highest BCUT2D eigenvalue weighted by atomic mass is 35.5. The van der Waals surface area contributed by atoms with Gasteiger partial charge in [0.2, 0.25) is 5.91 Å². The van der Waals surface area contributed by atoms with E-state index < -0.39 is 0 Å². The molecular formula is C17H15ClN2O3. The molecular weight excluding hydrogens is 316 g/mol. The van der Waals surface area contributed by atoms with Crippen molar-refractivity contribution >= 4 is 34.8 Å². The maximum absolute atomic E-state index is 12.1. The molecule has 2 amide bonds. The Balaban J connectivity index is 1.71. The average Bonchev–Trinajstić information content (AvgIpc) is 2.53. The topological polar surface area (TPSA) is 58.6 Å². The number of ether oxygens (including phenoxy) is 1. The van der Waals surface area contributed by atoms with Crippen LogP contribution in [0.2, 0.25) is 5.02 Å². The maximum atomic E-state index is 12.1. The Kier molecular flexibility index (Phi) is 4.21. The zero-order chi connectivity index (χ0) is 16.4. The van der Waals surface area contributed by atoms with Gasteiger partial charge >= 0.3 is 0 Å². The number of carbonyl (C=O) groups is 2. The number of hydrogen-bond donors (Lipinski definition) is 1. The van der Waals surface area contributed by atoms with E-state index in [4.69, 9.17) is 16.3 Å². The fourth-order valence-corrected chi connectivity index (χ4v) is 2.48. The lowest BCUT2D eigenvalue weighted by molar-refractivity contribution is -0.121. The number of carbonyl (C=O) groups excluding carboxylic acids is 2. The van der Waals surface area contributed by atoms with E-state index in [1.165, 1.54) is 0 Å². The van der Waals surface area contributed by atoms with E-state index in [2.05, 4.69) is 5.32 Å². The van der Waals surface area contributed by atoms with Gasteiger partial charge in [0.25, 0.3) is 5.91 Å². The lowest BCUT2D eigenvalue weighted by Gasteiger charge is -2.26. The van der Waals surface area contributed by atoms with Gasteiger partial charge in [0.15, 0.2) is 6.61 Å². The smallest absolute Gasteiger partial charge is 0.264 e. The minimum Gasteiger partial charge on any atom is -0.482 e. The highest BCUT2D eigenvalue weighted by Gasteiger charge is 2.22. The zero-order valence-electron chi connectivity index (χ0n) is 12.5. The van der Waals surface area contributed by atoms with Gasteiger partial charge in [-0.2, -0.15) is 0 Å². The van der Waals surface area contributed by atoms with E-state index in [9.17, 15) is 9.59 Å². The summed E-state index contributed by atoms with van der Waals surface area (Å²) in [5.41, 5.74) is 2.17. The number of amides is 2. The van der Waals surface area contributed by atoms with Crippen LogP contribution in [-0.2, 0) is 16.0 Å². The van der Waals surface area contributed by atoms with E-state index in [0.29, 0.717) is 22.1 Å². The van der Waals surface area contributed by atoms with Gasteiger partial charge in [-0.05, 0) is 42.0 Å². The summed E-state index contributed by atoms with van der Waals surface area (Å²) in [5, 5.41) is 3.42. The summed E-state index contributed by atoms with van der Waals surface area (Å²) in [7, 11) is 1.70. The Labute approximate surface area is 138 Å². The van der Waals surface area contributed by atoms with Gasteiger partial charge in [0.05, 0.1) is 12.1 Å². The van der Waals surface area contributed by atoms with Gasteiger partial charge in [-0.15, -0.1) is 0 Å². The minimum atomic E-state index is -0.141. The van der Waals surface area contributed by atoms with Crippen LogP contribution in [0.5, 0.6) is 5.75 Å². The van der Waals surface area contributed by atoms with Crippen molar-refractivity contribution in [1.82, 2.24) is 0 Å². The predicted molar refractivity (Wildman–Crippen MR) is 89.1 cm³/mol. The summed E-state index contributed by atoms with van der Waals surface area (Å²) in [6, 6.07) is 12.3. The standard InChI is InChI=1S/C17H15ClN2O3/c1-20-14-8-11(2-7-15(14)23-10-17(20)22)9-16(21)19-13-5-3-12(18)4-6-13/h2-8H,9-10H2,1H3,(H,19,21). The van der Waals surface area contributed by atoms with Crippen LogP contribution in [0.1, 0.15) is 5.56 Å². The second-order valence-corrected chi connectivity index (χ2v) is 5.71. The SMILES string of the molecule is CN1C(=O)COc2ccc(CC(=O)Nc3ccc(Cl)cc3)cc21. The predicted octanol–water partition coefficient (Wildman–Crippen LogP) is 2.88. The molecule has 0 saturated heterocycles. The van der Waals surface area contributed by atoms with E-state index in [-0.39, 0.29) is 24.8 Å². The first-order valence-electron chi connectivity index (χ1n) is 7.10. The molecule has 0 aliphatic carbocycles. The Morgan fingerprint density at radius 2 is 2.00 bits per heavy atom. The van der Waals surface area contributed by atoms with Crippen LogP contribution in [0.15, 0.2) is 42.5 Å². The molecule has 0 bridgehead atoms. The second kappa shape index (κ2) is 6.30. The molecule has 0 radical (unpaired) electrons. The van der Waals surface area contributed by atoms with Crippen molar-refractivity contribution in [1.29, 1.82) is 0 Å². The molecule has 23 heavy (non-hydrogen) atoms. The number of rotatable bonds is 3. The van der Waals surface area contributed by atoms with Crippen LogP contribution < -0.4 is 15.0 Å². The molecule has 2 aromatic carbocycles. The number of nitrogens with one attached hydrogen (secondary N) is 1. The minimum absolute atomic E-state index is 0.0416. The van der Waals surface area contributed by atoms with E-state index in [1.54, 1.807) is 48.3 Å². The fraction of sp³-hybridized carbons (Fsp3) is 0.176. The van der Waals surface area contributed by atoms with Crippen LogP contribution in [0.4, 0.5) is 11.4 Å². The fourth-order valence-electron chi connectivity index (χ4n) is 2.35. The number of hydrogen-bond acceptors (Lipinski definition) is 3. The number of halogens is 1. The molecule has 0 fully saturated rings. The molecule has 1 N–H and O–H groups in total. The van der Waals surface area contributed by atoms with Crippen LogP contribution in [-0.4, -0.2) is 25.5 Å². The Bertz CT molecular complexity index is 759. The summed E-state index contributed by atoms with van der Waals surface area (Å²) in [6.45, 7) is 0.0416. The number of nitrogens with zero attached hydrogens (tertiary/aromatic N) is 1. The summed E-state index contributed by atoms with van der Waals surface area (Å²) in [5.74, 6) is 0.396. The van der Waals surface area contributed by atoms with Crippen LogP contribution in [0.25, 0.3) is 0 Å². The summed E-state index contributed by atoms with van der Waals surface area (Å²) in [6.07, 6.45) is 0.206. The molecule has 0 spiro atoms. The van der Waals surface area contributed by atoms with E-state index >= 15 is 0 Å². The maximum Gasteiger partial charge on any atom is 0.264 e. The summed E-state index contributed by atoms with van der Waals surface area (Å²) >= 11 is 5.81. The monoisotopic (exact) mass is 330 g/mol. The quantitative estimate of drug-likeness (QED) is 0.941. The Morgan fingerprint density at radius 3 is 2.74 bits per heavy atom. The molecule has 0 unspecified atom stereocenters. The summed E-state index contributed by atoms with van der Waals surface area (Å²) < 4.78 is 5.37. The number of anilines is 2. The molecule has 3 rings (SSSR count). The van der Waals surface area contributed by atoms with Gasteiger partial charge in [0.1, 0.15) is 5.75 Å². The normalized spacial score (nSPS) is 13.3.